The summed E-state index contributed by atoms with van der Waals surface area (Å²) in [4.78, 5) is 32.8. The molecule has 0 heterocycles. The van der Waals surface area contributed by atoms with Crippen LogP contribution in [0.5, 0.6) is 0 Å². The summed E-state index contributed by atoms with van der Waals surface area (Å²) in [7, 11) is 0. The average molecular weight is 215 g/mol. The zero-order valence-electron chi connectivity index (χ0n) is 9.32. The van der Waals surface area contributed by atoms with Crippen LogP contribution >= 0.6 is 0 Å². The maximum Gasteiger partial charge on any atom is 0.211 e. The number of nitrogens with zero attached hydrogens (tertiary/aromatic N) is 1. The molecule has 0 aliphatic carbocycles. The molecule has 0 fully saturated rings. The van der Waals surface area contributed by atoms with E-state index in [2.05, 4.69) is 5.18 Å². The first-order valence-electron chi connectivity index (χ1n) is 4.96. The predicted octanol–water partition coefficient (Wildman–Crippen LogP) is 1.43. The molecule has 86 valence electrons. The SMILES string of the molecule is CCC(=O)CC(O)(CC(=O)C(C)C)N=O. The Balaban J connectivity index is 4.50. The third-order valence-electron chi connectivity index (χ3n) is 2.15. The van der Waals surface area contributed by atoms with Gasteiger partial charge in [-0.25, -0.2) is 0 Å². The minimum absolute atomic E-state index is 0.216. The Kier molecular flexibility index (Phi) is 5.28. The van der Waals surface area contributed by atoms with Crippen LogP contribution in [0, 0.1) is 10.8 Å². The Hall–Kier alpha value is -1.10. The fourth-order valence-corrected chi connectivity index (χ4v) is 1.05. The van der Waals surface area contributed by atoms with E-state index in [4.69, 9.17) is 0 Å². The summed E-state index contributed by atoms with van der Waals surface area (Å²) in [5, 5.41) is 12.1. The van der Waals surface area contributed by atoms with E-state index in [1.165, 1.54) is 0 Å². The lowest BCUT2D eigenvalue weighted by atomic mass is 9.95. The molecule has 1 N–H and O–H groups in total. The topological polar surface area (TPSA) is 83.8 Å². The monoisotopic (exact) mass is 215 g/mol. The van der Waals surface area contributed by atoms with Crippen molar-refractivity contribution in [1.29, 1.82) is 0 Å². The fourth-order valence-electron chi connectivity index (χ4n) is 1.05. The van der Waals surface area contributed by atoms with Crippen LogP contribution in [0.4, 0.5) is 0 Å². The number of ketones is 2. The molecule has 0 rings (SSSR count). The van der Waals surface area contributed by atoms with Crippen molar-refractivity contribution >= 4 is 11.6 Å². The van der Waals surface area contributed by atoms with Gasteiger partial charge < -0.3 is 5.11 Å². The Morgan fingerprint density at radius 3 is 2.20 bits per heavy atom. The third kappa shape index (κ3) is 4.78. The summed E-state index contributed by atoms with van der Waals surface area (Å²) in [6.07, 6.45) is -0.556. The lowest BCUT2D eigenvalue weighted by Crippen LogP contribution is -2.33. The quantitative estimate of drug-likeness (QED) is 0.651. The van der Waals surface area contributed by atoms with Crippen LogP contribution in [-0.2, 0) is 9.59 Å². The third-order valence-corrected chi connectivity index (χ3v) is 2.15. The summed E-state index contributed by atoms with van der Waals surface area (Å²) in [5.74, 6) is -0.843. The molecule has 1 unspecified atom stereocenters. The molecule has 0 aliphatic rings. The van der Waals surface area contributed by atoms with Crippen LogP contribution < -0.4 is 0 Å². The maximum atomic E-state index is 11.3. The number of carbonyl (C=O) groups is 2. The molecule has 0 aliphatic heterocycles. The zero-order chi connectivity index (χ0) is 12.1. The zero-order valence-corrected chi connectivity index (χ0v) is 9.32. The Morgan fingerprint density at radius 1 is 1.33 bits per heavy atom. The van der Waals surface area contributed by atoms with Crippen molar-refractivity contribution in [3.05, 3.63) is 4.91 Å². The number of nitroso groups, excluding NO2 is 1. The standard InChI is InChI=1S/C10H17NO4/c1-4-8(12)5-10(14,11-15)6-9(13)7(2)3/h7,14H,4-6H2,1-3H3. The molecule has 5 heteroatoms. The van der Waals surface area contributed by atoms with Gasteiger partial charge in [-0.3, -0.25) is 9.59 Å². The lowest BCUT2D eigenvalue weighted by Gasteiger charge is -2.18. The molecule has 15 heavy (non-hydrogen) atoms. The van der Waals surface area contributed by atoms with Crippen LogP contribution in [0.3, 0.4) is 0 Å². The van der Waals surface area contributed by atoms with E-state index >= 15 is 0 Å². The second-order valence-corrected chi connectivity index (χ2v) is 3.94. The van der Waals surface area contributed by atoms with Gasteiger partial charge in [0.2, 0.25) is 5.72 Å². The molecule has 1 atom stereocenters. The Bertz CT molecular complexity index is 262. The van der Waals surface area contributed by atoms with E-state index < -0.39 is 5.72 Å². The minimum atomic E-state index is -2.06. The molecule has 0 amide bonds. The molecule has 0 saturated heterocycles. The van der Waals surface area contributed by atoms with Crippen molar-refractivity contribution in [2.75, 3.05) is 0 Å². The molecule has 0 bridgehead atoms. The van der Waals surface area contributed by atoms with Crippen LogP contribution in [0.15, 0.2) is 5.18 Å². The van der Waals surface area contributed by atoms with Crippen molar-refractivity contribution < 1.29 is 14.7 Å². The second-order valence-electron chi connectivity index (χ2n) is 3.94. The molecule has 0 aromatic carbocycles. The largest absolute Gasteiger partial charge is 0.366 e. The van der Waals surface area contributed by atoms with E-state index in [1.54, 1.807) is 20.8 Å². The summed E-state index contributed by atoms with van der Waals surface area (Å²) >= 11 is 0. The van der Waals surface area contributed by atoms with Crippen molar-refractivity contribution in [1.82, 2.24) is 0 Å². The summed E-state index contributed by atoms with van der Waals surface area (Å²) < 4.78 is 0. The Labute approximate surface area is 88.8 Å². The number of hydrogen-bond donors (Lipinski definition) is 1. The van der Waals surface area contributed by atoms with Crippen LogP contribution in [-0.4, -0.2) is 22.4 Å². The summed E-state index contributed by atoms with van der Waals surface area (Å²) in [5.41, 5.74) is -2.06. The van der Waals surface area contributed by atoms with Gasteiger partial charge in [0.05, 0.1) is 12.8 Å². The highest BCUT2D eigenvalue weighted by Crippen LogP contribution is 2.20. The molecule has 0 spiro atoms. The van der Waals surface area contributed by atoms with E-state index in [1.807, 2.05) is 0 Å². The van der Waals surface area contributed by atoms with E-state index in [0.717, 1.165) is 0 Å². The van der Waals surface area contributed by atoms with Gasteiger partial charge in [-0.05, 0) is 5.18 Å². The van der Waals surface area contributed by atoms with Crippen molar-refractivity contribution in [2.45, 2.75) is 45.8 Å². The van der Waals surface area contributed by atoms with Gasteiger partial charge in [0.1, 0.15) is 11.6 Å². The van der Waals surface area contributed by atoms with E-state index in [9.17, 15) is 19.6 Å². The van der Waals surface area contributed by atoms with Gasteiger partial charge in [-0.2, -0.15) is 0 Å². The van der Waals surface area contributed by atoms with Crippen molar-refractivity contribution in [2.24, 2.45) is 11.1 Å². The van der Waals surface area contributed by atoms with Crippen molar-refractivity contribution in [3.8, 4) is 0 Å². The molecule has 5 nitrogen and oxygen atoms in total. The number of rotatable bonds is 7. The summed E-state index contributed by atoms with van der Waals surface area (Å²) in [6.45, 7) is 4.95. The highest BCUT2D eigenvalue weighted by atomic mass is 16.4. The highest BCUT2D eigenvalue weighted by Gasteiger charge is 2.34. The first-order chi connectivity index (χ1) is 6.84. The van der Waals surface area contributed by atoms with Gasteiger partial charge in [-0.15, -0.1) is 4.91 Å². The molecule has 0 saturated carbocycles. The molecule has 0 aromatic heterocycles. The van der Waals surface area contributed by atoms with Crippen LogP contribution in [0.1, 0.15) is 40.0 Å². The number of Topliss-reactive ketones (excluding diaryl/α,β-unsaturated/α-hetero) is 2. The number of aliphatic hydroxyl groups is 1. The fraction of sp³-hybridized carbons (Fsp3) is 0.800. The predicted molar refractivity (Wildman–Crippen MR) is 55.1 cm³/mol. The van der Waals surface area contributed by atoms with Crippen LogP contribution in [0.2, 0.25) is 0 Å². The lowest BCUT2D eigenvalue weighted by molar-refractivity contribution is -0.130. The minimum Gasteiger partial charge on any atom is -0.366 e. The second kappa shape index (κ2) is 5.70. The van der Waals surface area contributed by atoms with Gasteiger partial charge in [0, 0.05) is 12.3 Å². The van der Waals surface area contributed by atoms with Crippen molar-refractivity contribution in [3.63, 3.8) is 0 Å². The molecular formula is C10H17NO4. The van der Waals surface area contributed by atoms with Gasteiger partial charge in [-0.1, -0.05) is 20.8 Å². The molecular weight excluding hydrogens is 198 g/mol. The van der Waals surface area contributed by atoms with Gasteiger partial charge in [0.25, 0.3) is 0 Å². The first kappa shape index (κ1) is 13.9. The maximum absolute atomic E-state index is 11.3. The summed E-state index contributed by atoms with van der Waals surface area (Å²) in [6, 6.07) is 0. The van der Waals surface area contributed by atoms with Gasteiger partial charge >= 0.3 is 0 Å². The van der Waals surface area contributed by atoms with Crippen LogP contribution in [0.25, 0.3) is 0 Å². The highest BCUT2D eigenvalue weighted by molar-refractivity contribution is 5.84. The first-order valence-corrected chi connectivity index (χ1v) is 4.96. The normalized spacial score (nSPS) is 14.7. The number of hydrogen-bond acceptors (Lipinski definition) is 5. The van der Waals surface area contributed by atoms with E-state index in [-0.39, 0.29) is 36.7 Å². The van der Waals surface area contributed by atoms with Gasteiger partial charge in [0.15, 0.2) is 0 Å². The molecule has 0 aromatic rings. The molecule has 0 radical (unpaired) electrons. The Morgan fingerprint density at radius 2 is 1.87 bits per heavy atom. The average Bonchev–Trinajstić information content (AvgIpc) is 2.17. The van der Waals surface area contributed by atoms with E-state index in [0.29, 0.717) is 0 Å². The number of carbonyl (C=O) groups excluding carboxylic acids is 2. The smallest absolute Gasteiger partial charge is 0.211 e.